The van der Waals surface area contributed by atoms with Crippen LogP contribution in [0.2, 0.25) is 0 Å². The number of aliphatic hydroxyl groups excluding tert-OH is 1. The number of hydrogen-bond donors (Lipinski definition) is 2. The third kappa shape index (κ3) is 4.24. The summed E-state index contributed by atoms with van der Waals surface area (Å²) in [5, 5.41) is 12.7. The van der Waals surface area contributed by atoms with Crippen LogP contribution in [0.4, 0.5) is 0 Å². The van der Waals surface area contributed by atoms with E-state index in [9.17, 15) is 9.90 Å². The normalized spacial score (nSPS) is 16.2. The molecule has 2 N–H and O–H groups in total. The quantitative estimate of drug-likeness (QED) is 0.825. The highest BCUT2D eigenvalue weighted by molar-refractivity contribution is 5.82. The van der Waals surface area contributed by atoms with Gasteiger partial charge in [0.25, 0.3) is 5.91 Å². The van der Waals surface area contributed by atoms with Crippen molar-refractivity contribution in [2.24, 2.45) is 5.92 Å². The van der Waals surface area contributed by atoms with Crippen LogP contribution in [-0.4, -0.2) is 23.7 Å². The molecule has 1 atom stereocenters. The molecular weight excluding hydrogens is 242 g/mol. The summed E-state index contributed by atoms with van der Waals surface area (Å²) in [4.78, 5) is 11.7. The lowest BCUT2D eigenvalue weighted by molar-refractivity contribution is -0.129. The second kappa shape index (κ2) is 6.06. The Bertz CT molecular complexity index is 424. The molecule has 1 fully saturated rings. The van der Waals surface area contributed by atoms with Crippen LogP contribution in [0.5, 0.6) is 5.75 Å². The first-order chi connectivity index (χ1) is 9.06. The standard InChI is InChI=1S/C15H21NO3/c1-10(2)9-19-13-7-3-11(4-8-13)14(17)15(18)16-12-5-6-12/h3-4,7-8,10,12,14,17H,5-6,9H2,1-2H3,(H,16,18). The van der Waals surface area contributed by atoms with Gasteiger partial charge in [0.1, 0.15) is 5.75 Å². The molecule has 1 aliphatic carbocycles. The lowest BCUT2D eigenvalue weighted by Crippen LogP contribution is -2.30. The van der Waals surface area contributed by atoms with Crippen molar-refractivity contribution in [3.05, 3.63) is 29.8 Å². The van der Waals surface area contributed by atoms with Gasteiger partial charge in [-0.1, -0.05) is 26.0 Å². The molecule has 0 spiro atoms. The number of carbonyl (C=O) groups is 1. The molecule has 1 aromatic rings. The Hall–Kier alpha value is -1.55. The maximum absolute atomic E-state index is 11.7. The van der Waals surface area contributed by atoms with Crippen LogP contribution in [0, 0.1) is 5.92 Å². The first-order valence-electron chi connectivity index (χ1n) is 6.77. The van der Waals surface area contributed by atoms with Crippen LogP contribution in [-0.2, 0) is 4.79 Å². The molecule has 0 saturated heterocycles. The third-order valence-corrected chi connectivity index (χ3v) is 2.95. The monoisotopic (exact) mass is 263 g/mol. The second-order valence-electron chi connectivity index (χ2n) is 5.46. The van der Waals surface area contributed by atoms with E-state index >= 15 is 0 Å². The number of amides is 1. The maximum Gasteiger partial charge on any atom is 0.253 e. The maximum atomic E-state index is 11.7. The molecule has 1 aliphatic rings. The van der Waals surface area contributed by atoms with E-state index in [0.29, 0.717) is 18.1 Å². The summed E-state index contributed by atoms with van der Waals surface area (Å²) in [5.74, 6) is 0.903. The predicted octanol–water partition coefficient (Wildman–Crippen LogP) is 2.03. The molecule has 104 valence electrons. The van der Waals surface area contributed by atoms with Crippen LogP contribution < -0.4 is 10.1 Å². The third-order valence-electron chi connectivity index (χ3n) is 2.95. The van der Waals surface area contributed by atoms with Crippen molar-refractivity contribution in [1.82, 2.24) is 5.32 Å². The molecule has 1 unspecified atom stereocenters. The minimum absolute atomic E-state index is 0.260. The number of nitrogens with one attached hydrogen (secondary N) is 1. The number of rotatable bonds is 6. The molecule has 0 heterocycles. The summed E-state index contributed by atoms with van der Waals surface area (Å²) in [5.41, 5.74) is 0.593. The van der Waals surface area contributed by atoms with Gasteiger partial charge in [0.2, 0.25) is 0 Å². The predicted molar refractivity (Wildman–Crippen MR) is 72.9 cm³/mol. The summed E-state index contributed by atoms with van der Waals surface area (Å²) in [6.07, 6.45) is 0.931. The summed E-state index contributed by atoms with van der Waals surface area (Å²) in [6, 6.07) is 7.28. The molecular formula is C15H21NO3. The molecule has 0 radical (unpaired) electrons. The van der Waals surface area contributed by atoms with E-state index in [1.54, 1.807) is 24.3 Å². The molecule has 19 heavy (non-hydrogen) atoms. The first-order valence-corrected chi connectivity index (χ1v) is 6.77. The van der Waals surface area contributed by atoms with Gasteiger partial charge in [0.15, 0.2) is 6.10 Å². The molecule has 2 rings (SSSR count). The second-order valence-corrected chi connectivity index (χ2v) is 5.46. The summed E-state index contributed by atoms with van der Waals surface area (Å²) in [6.45, 7) is 4.82. The van der Waals surface area contributed by atoms with Gasteiger partial charge in [-0.05, 0) is 36.5 Å². The largest absolute Gasteiger partial charge is 0.493 e. The van der Waals surface area contributed by atoms with Crippen molar-refractivity contribution < 1.29 is 14.6 Å². The van der Waals surface area contributed by atoms with Gasteiger partial charge in [-0.15, -0.1) is 0 Å². The van der Waals surface area contributed by atoms with E-state index in [2.05, 4.69) is 19.2 Å². The van der Waals surface area contributed by atoms with E-state index in [1.807, 2.05) is 0 Å². The van der Waals surface area contributed by atoms with Crippen molar-refractivity contribution in [3.63, 3.8) is 0 Å². The van der Waals surface area contributed by atoms with Crippen LogP contribution >= 0.6 is 0 Å². The minimum Gasteiger partial charge on any atom is -0.493 e. The highest BCUT2D eigenvalue weighted by Gasteiger charge is 2.27. The van der Waals surface area contributed by atoms with Gasteiger partial charge in [0, 0.05) is 6.04 Å². The molecule has 1 amide bonds. The molecule has 0 aromatic heterocycles. The summed E-state index contributed by atoms with van der Waals surface area (Å²) in [7, 11) is 0. The average Bonchev–Trinajstić information content (AvgIpc) is 3.20. The Kier molecular flexibility index (Phi) is 4.43. The average molecular weight is 263 g/mol. The highest BCUT2D eigenvalue weighted by atomic mass is 16.5. The minimum atomic E-state index is -1.10. The van der Waals surface area contributed by atoms with Crippen molar-refractivity contribution >= 4 is 5.91 Å². The van der Waals surface area contributed by atoms with E-state index in [-0.39, 0.29) is 11.9 Å². The SMILES string of the molecule is CC(C)COc1ccc(C(O)C(=O)NC2CC2)cc1. The van der Waals surface area contributed by atoms with Crippen molar-refractivity contribution in [3.8, 4) is 5.75 Å². The Labute approximate surface area is 113 Å². The Morgan fingerprint density at radius 3 is 2.53 bits per heavy atom. The fraction of sp³-hybridized carbons (Fsp3) is 0.533. The lowest BCUT2D eigenvalue weighted by Gasteiger charge is -2.13. The van der Waals surface area contributed by atoms with Crippen LogP contribution in [0.1, 0.15) is 38.4 Å². The van der Waals surface area contributed by atoms with E-state index in [1.165, 1.54) is 0 Å². The van der Waals surface area contributed by atoms with Gasteiger partial charge in [-0.25, -0.2) is 0 Å². The lowest BCUT2D eigenvalue weighted by atomic mass is 10.1. The number of aliphatic hydroxyl groups is 1. The van der Waals surface area contributed by atoms with E-state index in [0.717, 1.165) is 18.6 Å². The summed E-state index contributed by atoms with van der Waals surface area (Å²) >= 11 is 0. The zero-order valence-electron chi connectivity index (χ0n) is 11.4. The fourth-order valence-electron chi connectivity index (χ4n) is 1.67. The molecule has 0 bridgehead atoms. The van der Waals surface area contributed by atoms with Gasteiger partial charge >= 0.3 is 0 Å². The Balaban J connectivity index is 1.90. The van der Waals surface area contributed by atoms with Gasteiger partial charge in [0.05, 0.1) is 6.61 Å². The fourth-order valence-corrected chi connectivity index (χ4v) is 1.67. The summed E-state index contributed by atoms with van der Waals surface area (Å²) < 4.78 is 5.56. The van der Waals surface area contributed by atoms with Crippen LogP contribution in [0.3, 0.4) is 0 Å². The van der Waals surface area contributed by atoms with Crippen molar-refractivity contribution in [2.75, 3.05) is 6.61 Å². The zero-order valence-corrected chi connectivity index (χ0v) is 11.4. The van der Waals surface area contributed by atoms with E-state index in [4.69, 9.17) is 4.74 Å². The van der Waals surface area contributed by atoms with Gasteiger partial charge in [-0.3, -0.25) is 4.79 Å². The van der Waals surface area contributed by atoms with Crippen molar-refractivity contribution in [2.45, 2.75) is 38.8 Å². The van der Waals surface area contributed by atoms with Crippen LogP contribution in [0.15, 0.2) is 24.3 Å². The molecule has 0 aliphatic heterocycles. The number of hydrogen-bond acceptors (Lipinski definition) is 3. The van der Waals surface area contributed by atoms with E-state index < -0.39 is 6.10 Å². The highest BCUT2D eigenvalue weighted by Crippen LogP contribution is 2.22. The Morgan fingerprint density at radius 2 is 2.00 bits per heavy atom. The van der Waals surface area contributed by atoms with Crippen LogP contribution in [0.25, 0.3) is 0 Å². The number of carbonyl (C=O) groups excluding carboxylic acids is 1. The smallest absolute Gasteiger partial charge is 0.253 e. The molecule has 1 saturated carbocycles. The molecule has 4 nitrogen and oxygen atoms in total. The van der Waals surface area contributed by atoms with Crippen molar-refractivity contribution in [1.29, 1.82) is 0 Å². The molecule has 1 aromatic carbocycles. The number of benzene rings is 1. The zero-order chi connectivity index (χ0) is 13.8. The number of ether oxygens (including phenoxy) is 1. The Morgan fingerprint density at radius 1 is 1.37 bits per heavy atom. The molecule has 4 heteroatoms. The first kappa shape index (κ1) is 13.9. The van der Waals surface area contributed by atoms with Gasteiger partial charge in [-0.2, -0.15) is 0 Å². The van der Waals surface area contributed by atoms with Gasteiger partial charge < -0.3 is 15.2 Å². The topological polar surface area (TPSA) is 58.6 Å².